The molecule has 0 aliphatic carbocycles. The standard InChI is InChI=1S/C9H11F6N3O/c1-2-16-4-3-5-17-18-7(19-5)6(8(10,11)12)9(13,14)15/h6,16H,2-4H2,1H3. The predicted octanol–water partition coefficient (Wildman–Crippen LogP) is 2.43. The highest BCUT2D eigenvalue weighted by atomic mass is 19.4. The van der Waals surface area contributed by atoms with E-state index < -0.39 is 24.2 Å². The summed E-state index contributed by atoms with van der Waals surface area (Å²) in [5, 5.41) is 8.85. The third kappa shape index (κ3) is 4.37. The maximum Gasteiger partial charge on any atom is 0.409 e. The first kappa shape index (κ1) is 15.7. The van der Waals surface area contributed by atoms with Crippen LogP contribution in [0.4, 0.5) is 26.3 Å². The van der Waals surface area contributed by atoms with Gasteiger partial charge in [-0.1, -0.05) is 6.92 Å². The minimum Gasteiger partial charge on any atom is -0.424 e. The number of rotatable bonds is 5. The van der Waals surface area contributed by atoms with Crippen LogP contribution in [-0.2, 0) is 6.42 Å². The van der Waals surface area contributed by atoms with E-state index in [2.05, 4.69) is 19.9 Å². The summed E-state index contributed by atoms with van der Waals surface area (Å²) in [5.41, 5.74) is 0. The van der Waals surface area contributed by atoms with Crippen molar-refractivity contribution in [3.8, 4) is 0 Å². The molecule has 10 heteroatoms. The van der Waals surface area contributed by atoms with Crippen LogP contribution in [0.1, 0.15) is 24.6 Å². The zero-order chi connectivity index (χ0) is 14.7. The Morgan fingerprint density at radius 3 is 2.16 bits per heavy atom. The lowest BCUT2D eigenvalue weighted by Gasteiger charge is -2.19. The van der Waals surface area contributed by atoms with Crippen LogP contribution in [0.25, 0.3) is 0 Å². The molecule has 1 N–H and O–H groups in total. The summed E-state index contributed by atoms with van der Waals surface area (Å²) in [6.07, 6.45) is -11.0. The highest BCUT2D eigenvalue weighted by molar-refractivity contribution is 5.00. The number of hydrogen-bond acceptors (Lipinski definition) is 4. The van der Waals surface area contributed by atoms with Crippen molar-refractivity contribution in [2.75, 3.05) is 13.1 Å². The Morgan fingerprint density at radius 1 is 1.11 bits per heavy atom. The summed E-state index contributed by atoms with van der Waals surface area (Å²) in [6, 6.07) is 0. The van der Waals surface area contributed by atoms with Crippen molar-refractivity contribution in [3.63, 3.8) is 0 Å². The highest BCUT2D eigenvalue weighted by Crippen LogP contribution is 2.45. The van der Waals surface area contributed by atoms with E-state index in [0.29, 0.717) is 13.1 Å². The second kappa shape index (κ2) is 5.76. The van der Waals surface area contributed by atoms with Crippen LogP contribution in [-0.4, -0.2) is 35.6 Å². The topological polar surface area (TPSA) is 51.0 Å². The quantitative estimate of drug-likeness (QED) is 0.668. The van der Waals surface area contributed by atoms with Gasteiger partial charge in [0.2, 0.25) is 17.7 Å². The number of nitrogens with one attached hydrogen (secondary N) is 1. The van der Waals surface area contributed by atoms with Crippen molar-refractivity contribution in [1.82, 2.24) is 15.5 Å². The largest absolute Gasteiger partial charge is 0.424 e. The molecule has 0 fully saturated rings. The van der Waals surface area contributed by atoms with Crippen molar-refractivity contribution in [1.29, 1.82) is 0 Å². The highest BCUT2D eigenvalue weighted by Gasteiger charge is 2.60. The van der Waals surface area contributed by atoms with Crippen LogP contribution in [0.3, 0.4) is 0 Å². The second-order valence-electron chi connectivity index (χ2n) is 3.65. The molecule has 110 valence electrons. The lowest BCUT2D eigenvalue weighted by atomic mass is 10.1. The summed E-state index contributed by atoms with van der Waals surface area (Å²) in [5.74, 6) is -5.50. The molecule has 0 aromatic carbocycles. The molecule has 1 heterocycles. The van der Waals surface area contributed by atoms with E-state index in [-0.39, 0.29) is 12.3 Å². The van der Waals surface area contributed by atoms with Crippen molar-refractivity contribution in [3.05, 3.63) is 11.8 Å². The fraction of sp³-hybridized carbons (Fsp3) is 0.778. The van der Waals surface area contributed by atoms with Gasteiger partial charge >= 0.3 is 12.4 Å². The number of alkyl halides is 6. The first-order valence-corrected chi connectivity index (χ1v) is 5.32. The second-order valence-corrected chi connectivity index (χ2v) is 3.65. The molecular weight excluding hydrogens is 280 g/mol. The molecular formula is C9H11F6N3O. The first-order chi connectivity index (χ1) is 8.66. The molecule has 1 rings (SSSR count). The van der Waals surface area contributed by atoms with E-state index >= 15 is 0 Å². The van der Waals surface area contributed by atoms with Crippen molar-refractivity contribution < 1.29 is 30.8 Å². The summed E-state index contributed by atoms with van der Waals surface area (Å²) < 4.78 is 78.6. The molecule has 0 saturated carbocycles. The summed E-state index contributed by atoms with van der Waals surface area (Å²) in [6.45, 7) is 2.72. The zero-order valence-electron chi connectivity index (χ0n) is 9.77. The molecule has 0 unspecified atom stereocenters. The summed E-state index contributed by atoms with van der Waals surface area (Å²) in [4.78, 5) is 0. The molecule has 0 saturated heterocycles. The number of halogens is 6. The molecule has 1 aromatic heterocycles. The van der Waals surface area contributed by atoms with E-state index in [1.807, 2.05) is 0 Å². The summed E-state index contributed by atoms with van der Waals surface area (Å²) in [7, 11) is 0. The van der Waals surface area contributed by atoms with Gasteiger partial charge < -0.3 is 9.73 Å². The Kier molecular flexibility index (Phi) is 4.77. The van der Waals surface area contributed by atoms with Gasteiger partial charge in [-0.3, -0.25) is 0 Å². The van der Waals surface area contributed by atoms with Gasteiger partial charge in [-0.25, -0.2) is 0 Å². The first-order valence-electron chi connectivity index (χ1n) is 5.32. The van der Waals surface area contributed by atoms with Crippen LogP contribution in [0.15, 0.2) is 4.42 Å². The zero-order valence-corrected chi connectivity index (χ0v) is 9.77. The van der Waals surface area contributed by atoms with Gasteiger partial charge in [0.25, 0.3) is 0 Å². The maximum absolute atomic E-state index is 12.4. The normalized spacial score (nSPS) is 13.3. The van der Waals surface area contributed by atoms with Gasteiger partial charge in [-0.15, -0.1) is 10.2 Å². The minimum absolute atomic E-state index is 0.0588. The molecule has 0 atom stereocenters. The van der Waals surface area contributed by atoms with Crippen molar-refractivity contribution in [2.45, 2.75) is 31.6 Å². The maximum atomic E-state index is 12.4. The number of aromatic nitrogens is 2. The van der Waals surface area contributed by atoms with Crippen LogP contribution in [0, 0.1) is 0 Å². The third-order valence-electron chi connectivity index (χ3n) is 2.15. The summed E-state index contributed by atoms with van der Waals surface area (Å²) >= 11 is 0. The van der Waals surface area contributed by atoms with E-state index in [9.17, 15) is 26.3 Å². The van der Waals surface area contributed by atoms with Crippen LogP contribution in [0.5, 0.6) is 0 Å². The Labute approximate surface area is 104 Å². The lowest BCUT2D eigenvalue weighted by Crippen LogP contribution is -2.34. The smallest absolute Gasteiger partial charge is 0.409 e. The van der Waals surface area contributed by atoms with Gasteiger partial charge in [-0.2, -0.15) is 26.3 Å². The van der Waals surface area contributed by atoms with Gasteiger partial charge in [0.15, 0.2) is 0 Å². The molecule has 0 aliphatic heterocycles. The Hall–Kier alpha value is -1.32. The Morgan fingerprint density at radius 2 is 1.68 bits per heavy atom. The Bertz CT molecular complexity index is 385. The molecule has 4 nitrogen and oxygen atoms in total. The van der Waals surface area contributed by atoms with Crippen molar-refractivity contribution >= 4 is 0 Å². The van der Waals surface area contributed by atoms with Crippen molar-refractivity contribution in [2.24, 2.45) is 0 Å². The monoisotopic (exact) mass is 291 g/mol. The molecule has 1 aromatic rings. The van der Waals surface area contributed by atoms with Crippen LogP contribution in [0.2, 0.25) is 0 Å². The molecule has 0 spiro atoms. The van der Waals surface area contributed by atoms with Gasteiger partial charge in [0.05, 0.1) is 0 Å². The molecule has 0 bridgehead atoms. The van der Waals surface area contributed by atoms with Crippen LogP contribution < -0.4 is 5.32 Å². The van der Waals surface area contributed by atoms with E-state index in [4.69, 9.17) is 0 Å². The average molecular weight is 291 g/mol. The number of nitrogens with zero attached hydrogens (tertiary/aromatic N) is 2. The SMILES string of the molecule is CCNCCc1nnc(C(C(F)(F)F)C(F)(F)F)o1. The Balaban J connectivity index is 2.87. The predicted molar refractivity (Wildman–Crippen MR) is 51.4 cm³/mol. The molecule has 0 amide bonds. The van der Waals surface area contributed by atoms with E-state index in [1.165, 1.54) is 0 Å². The molecule has 0 aliphatic rings. The molecule has 0 radical (unpaired) electrons. The van der Waals surface area contributed by atoms with Crippen LogP contribution >= 0.6 is 0 Å². The van der Waals surface area contributed by atoms with Gasteiger partial charge in [0.1, 0.15) is 0 Å². The van der Waals surface area contributed by atoms with E-state index in [1.54, 1.807) is 6.92 Å². The van der Waals surface area contributed by atoms with Gasteiger partial charge in [0, 0.05) is 13.0 Å². The van der Waals surface area contributed by atoms with E-state index in [0.717, 1.165) is 0 Å². The minimum atomic E-state index is -5.52. The average Bonchev–Trinajstić information content (AvgIpc) is 2.62. The fourth-order valence-electron chi connectivity index (χ4n) is 1.32. The number of hydrogen-bond donors (Lipinski definition) is 1. The lowest BCUT2D eigenvalue weighted by molar-refractivity contribution is -0.258. The number of likely N-dealkylation sites (N-methyl/N-ethyl adjacent to an activating group) is 1. The fourth-order valence-corrected chi connectivity index (χ4v) is 1.32. The molecule has 19 heavy (non-hydrogen) atoms. The van der Waals surface area contributed by atoms with Gasteiger partial charge in [-0.05, 0) is 6.54 Å². The third-order valence-corrected chi connectivity index (χ3v) is 2.15.